The first-order chi connectivity index (χ1) is 9.01. The van der Waals surface area contributed by atoms with Crippen molar-refractivity contribution in [3.8, 4) is 11.5 Å². The van der Waals surface area contributed by atoms with Crippen LogP contribution in [0.3, 0.4) is 0 Å². The molecule has 102 valence electrons. The van der Waals surface area contributed by atoms with Crippen LogP contribution in [-0.2, 0) is 4.79 Å². The number of phenols is 1. The van der Waals surface area contributed by atoms with Gasteiger partial charge >= 0.3 is 0 Å². The summed E-state index contributed by atoms with van der Waals surface area (Å²) in [5, 5.41) is 9.91. The van der Waals surface area contributed by atoms with E-state index in [-0.39, 0.29) is 16.6 Å². The molecule has 1 fully saturated rings. The molecule has 19 heavy (non-hydrogen) atoms. The minimum Gasteiger partial charge on any atom is -0.503 e. The maximum Gasteiger partial charge on any atom is 0.176 e. The molecule has 1 heterocycles. The van der Waals surface area contributed by atoms with Crippen LogP contribution in [0, 0.1) is 0 Å². The molecule has 0 saturated carbocycles. The number of halogens is 1. The Morgan fingerprint density at radius 3 is 2.89 bits per heavy atom. The second kappa shape index (κ2) is 5.53. The molecule has 1 aromatic carbocycles. The van der Waals surface area contributed by atoms with Crippen molar-refractivity contribution in [1.29, 1.82) is 0 Å². The number of Topliss-reactive ketones (excluding diaryl/α,β-unsaturated/α-hetero) is 1. The summed E-state index contributed by atoms with van der Waals surface area (Å²) in [5.74, 6) is 0.490. The molecule has 0 atom stereocenters. The molecule has 0 aliphatic carbocycles. The van der Waals surface area contributed by atoms with E-state index < -0.39 is 0 Å². The lowest BCUT2D eigenvalue weighted by Crippen LogP contribution is -2.28. The van der Waals surface area contributed by atoms with Gasteiger partial charge in [0.2, 0.25) is 0 Å². The first-order valence-corrected chi connectivity index (χ1v) is 6.39. The van der Waals surface area contributed by atoms with Crippen LogP contribution < -0.4 is 4.74 Å². The van der Waals surface area contributed by atoms with E-state index in [1.165, 1.54) is 7.11 Å². The number of methoxy groups -OCH3 is 1. The molecule has 1 N–H and O–H groups in total. The zero-order valence-corrected chi connectivity index (χ0v) is 11.7. The number of carbonyl (C=O) groups is 1. The van der Waals surface area contributed by atoms with Gasteiger partial charge in [-0.15, -0.1) is 0 Å². The van der Waals surface area contributed by atoms with Gasteiger partial charge in [0.05, 0.1) is 12.1 Å². The van der Waals surface area contributed by atoms with E-state index in [0.29, 0.717) is 18.6 Å². The number of phenolic OH excluding ortho intramolecular Hbond substituents is 1. The fourth-order valence-electron chi connectivity index (χ4n) is 2.05. The standard InChI is InChI=1S/C14H16ClNO3/c1-16-4-3-11(17)8-10(16)5-9-6-12(15)14(18)13(7-9)19-2/h5-7,18H,3-4,8H2,1-2H3/b10-5+. The lowest BCUT2D eigenvalue weighted by molar-refractivity contribution is -0.120. The number of hydrogen-bond acceptors (Lipinski definition) is 4. The lowest BCUT2D eigenvalue weighted by atomic mass is 10.0. The highest BCUT2D eigenvalue weighted by molar-refractivity contribution is 6.32. The molecule has 1 aliphatic heterocycles. The SMILES string of the molecule is COc1cc(/C=C2\CC(=O)CCN2C)cc(Cl)c1O. The molecule has 1 aromatic rings. The van der Waals surface area contributed by atoms with Crippen molar-refractivity contribution in [2.75, 3.05) is 20.7 Å². The van der Waals surface area contributed by atoms with Crippen molar-refractivity contribution >= 4 is 23.5 Å². The van der Waals surface area contributed by atoms with Crippen molar-refractivity contribution in [2.24, 2.45) is 0 Å². The molecule has 0 amide bonds. The fraction of sp³-hybridized carbons (Fsp3) is 0.357. The van der Waals surface area contributed by atoms with Crippen molar-refractivity contribution < 1.29 is 14.6 Å². The number of aromatic hydroxyl groups is 1. The summed E-state index contributed by atoms with van der Waals surface area (Å²) >= 11 is 5.94. The van der Waals surface area contributed by atoms with E-state index in [9.17, 15) is 9.90 Å². The topological polar surface area (TPSA) is 49.8 Å². The van der Waals surface area contributed by atoms with Crippen molar-refractivity contribution in [3.63, 3.8) is 0 Å². The summed E-state index contributed by atoms with van der Waals surface area (Å²) in [6.07, 6.45) is 2.91. The highest BCUT2D eigenvalue weighted by Crippen LogP contribution is 2.35. The second-order valence-corrected chi connectivity index (χ2v) is 4.98. The monoisotopic (exact) mass is 281 g/mol. The summed E-state index contributed by atoms with van der Waals surface area (Å²) in [7, 11) is 3.43. The summed E-state index contributed by atoms with van der Waals surface area (Å²) in [6, 6.07) is 3.35. The number of ketones is 1. The minimum atomic E-state index is -0.0700. The number of ether oxygens (including phenoxy) is 1. The molecule has 0 radical (unpaired) electrons. The number of carbonyl (C=O) groups excluding carboxylic acids is 1. The Kier molecular flexibility index (Phi) is 4.00. The minimum absolute atomic E-state index is 0.0700. The Bertz CT molecular complexity index is 540. The molecular weight excluding hydrogens is 266 g/mol. The van der Waals surface area contributed by atoms with Gasteiger partial charge in [-0.2, -0.15) is 0 Å². The molecule has 0 unspecified atom stereocenters. The quantitative estimate of drug-likeness (QED) is 0.905. The van der Waals surface area contributed by atoms with Gasteiger partial charge in [0.25, 0.3) is 0 Å². The predicted molar refractivity (Wildman–Crippen MR) is 74.5 cm³/mol. The summed E-state index contributed by atoms with van der Waals surface area (Å²) < 4.78 is 5.06. The van der Waals surface area contributed by atoms with E-state index in [4.69, 9.17) is 16.3 Å². The Labute approximate surface area is 117 Å². The van der Waals surface area contributed by atoms with Crippen LogP contribution in [-0.4, -0.2) is 36.5 Å². The normalized spacial score (nSPS) is 17.9. The van der Waals surface area contributed by atoms with Gasteiger partial charge in [0, 0.05) is 32.1 Å². The van der Waals surface area contributed by atoms with Crippen LogP contribution >= 0.6 is 11.6 Å². The van der Waals surface area contributed by atoms with Crippen molar-refractivity contribution in [2.45, 2.75) is 12.8 Å². The maximum absolute atomic E-state index is 11.5. The van der Waals surface area contributed by atoms with Crippen molar-refractivity contribution in [3.05, 3.63) is 28.4 Å². The first-order valence-electron chi connectivity index (χ1n) is 6.01. The molecule has 1 saturated heterocycles. The van der Waals surface area contributed by atoms with E-state index in [1.54, 1.807) is 12.1 Å². The summed E-state index contributed by atoms with van der Waals surface area (Å²) in [4.78, 5) is 13.5. The molecule has 5 heteroatoms. The second-order valence-electron chi connectivity index (χ2n) is 4.58. The average Bonchev–Trinajstić information content (AvgIpc) is 2.38. The molecule has 4 nitrogen and oxygen atoms in total. The third-order valence-electron chi connectivity index (χ3n) is 3.20. The number of likely N-dealkylation sites (tertiary alicyclic amines) is 1. The molecule has 0 aromatic heterocycles. The van der Waals surface area contributed by atoms with E-state index >= 15 is 0 Å². The average molecular weight is 282 g/mol. The van der Waals surface area contributed by atoms with Gasteiger partial charge in [0.1, 0.15) is 5.78 Å². The van der Waals surface area contributed by atoms with Gasteiger partial charge in [-0.25, -0.2) is 0 Å². The van der Waals surface area contributed by atoms with Crippen LogP contribution in [0.15, 0.2) is 17.8 Å². The summed E-state index contributed by atoms with van der Waals surface area (Å²) in [6.45, 7) is 0.730. The predicted octanol–water partition coefficient (Wildman–Crippen LogP) is 2.69. The Morgan fingerprint density at radius 1 is 1.47 bits per heavy atom. The third kappa shape index (κ3) is 3.01. The number of allylic oxidation sites excluding steroid dienone is 1. The number of piperidine rings is 1. The van der Waals surface area contributed by atoms with Crippen LogP contribution in [0.25, 0.3) is 6.08 Å². The Morgan fingerprint density at radius 2 is 2.21 bits per heavy atom. The van der Waals surface area contributed by atoms with Gasteiger partial charge in [-0.1, -0.05) is 11.6 Å². The highest BCUT2D eigenvalue weighted by Gasteiger charge is 2.18. The van der Waals surface area contributed by atoms with Crippen molar-refractivity contribution in [1.82, 2.24) is 4.90 Å². The Hall–Kier alpha value is -1.68. The number of nitrogens with zero attached hydrogens (tertiary/aromatic N) is 1. The largest absolute Gasteiger partial charge is 0.503 e. The number of hydrogen-bond donors (Lipinski definition) is 1. The molecular formula is C14H16ClNO3. The summed E-state index contributed by atoms with van der Waals surface area (Å²) in [5.41, 5.74) is 1.75. The molecule has 0 bridgehead atoms. The van der Waals surface area contributed by atoms with Crippen LogP contribution in [0.5, 0.6) is 11.5 Å². The molecule has 2 rings (SSSR count). The fourth-order valence-corrected chi connectivity index (χ4v) is 2.27. The van der Waals surface area contributed by atoms with E-state index in [2.05, 4.69) is 4.90 Å². The zero-order chi connectivity index (χ0) is 14.0. The maximum atomic E-state index is 11.5. The number of benzene rings is 1. The van der Waals surface area contributed by atoms with Crippen LogP contribution in [0.2, 0.25) is 5.02 Å². The van der Waals surface area contributed by atoms with Gasteiger partial charge in [0.15, 0.2) is 11.5 Å². The van der Waals surface area contributed by atoms with E-state index in [1.807, 2.05) is 13.1 Å². The third-order valence-corrected chi connectivity index (χ3v) is 3.49. The van der Waals surface area contributed by atoms with Gasteiger partial charge in [-0.3, -0.25) is 4.79 Å². The van der Waals surface area contributed by atoms with Gasteiger partial charge < -0.3 is 14.7 Å². The first kappa shape index (κ1) is 13.7. The van der Waals surface area contributed by atoms with E-state index in [0.717, 1.165) is 17.8 Å². The zero-order valence-electron chi connectivity index (χ0n) is 10.9. The van der Waals surface area contributed by atoms with Crippen LogP contribution in [0.1, 0.15) is 18.4 Å². The Balaban J connectivity index is 2.36. The highest BCUT2D eigenvalue weighted by atomic mass is 35.5. The molecule has 0 spiro atoms. The molecule has 1 aliphatic rings. The smallest absolute Gasteiger partial charge is 0.176 e. The lowest BCUT2D eigenvalue weighted by Gasteiger charge is -2.26. The van der Waals surface area contributed by atoms with Gasteiger partial charge in [-0.05, 0) is 23.8 Å². The number of rotatable bonds is 2. The van der Waals surface area contributed by atoms with Crippen LogP contribution in [0.4, 0.5) is 0 Å².